The third kappa shape index (κ3) is 5.92. The van der Waals surface area contributed by atoms with Crippen molar-refractivity contribution in [2.45, 2.75) is 57.7 Å². The van der Waals surface area contributed by atoms with E-state index in [0.717, 1.165) is 24.2 Å². The number of methoxy groups -OCH3 is 1. The molecule has 0 spiro atoms. The van der Waals surface area contributed by atoms with Crippen molar-refractivity contribution in [3.05, 3.63) is 23.8 Å². The van der Waals surface area contributed by atoms with Crippen molar-refractivity contribution in [1.82, 2.24) is 5.32 Å². The standard InChI is InChI=1S/C17H26N2O3.ClH/c1-12(18)10-16(20)19-11-13-6-5-9-15(21-2)17(13)22-14-7-3-4-8-14;/h5-6,9,12,14H,3-4,7-8,10-11,18H2,1-2H3,(H,19,20);1H. The SMILES string of the molecule is COc1cccc(CNC(=O)CC(C)N)c1OC1CCCC1.Cl. The molecule has 5 nitrogen and oxygen atoms in total. The van der Waals surface area contributed by atoms with Gasteiger partial charge in [-0.25, -0.2) is 0 Å². The summed E-state index contributed by atoms with van der Waals surface area (Å²) in [5.41, 5.74) is 6.58. The van der Waals surface area contributed by atoms with E-state index in [1.165, 1.54) is 12.8 Å². The normalized spacial score (nSPS) is 15.6. The maximum atomic E-state index is 11.8. The van der Waals surface area contributed by atoms with E-state index in [1.807, 2.05) is 25.1 Å². The van der Waals surface area contributed by atoms with Crippen LogP contribution in [-0.4, -0.2) is 25.2 Å². The van der Waals surface area contributed by atoms with Gasteiger partial charge in [0, 0.05) is 24.6 Å². The number of ether oxygens (including phenoxy) is 2. The van der Waals surface area contributed by atoms with Crippen LogP contribution >= 0.6 is 12.4 Å². The van der Waals surface area contributed by atoms with Crippen LogP contribution in [0.2, 0.25) is 0 Å². The fraction of sp³-hybridized carbons (Fsp3) is 0.588. The Kier molecular flexibility index (Phi) is 8.20. The molecule has 3 N–H and O–H groups in total. The van der Waals surface area contributed by atoms with Gasteiger partial charge < -0.3 is 20.5 Å². The molecule has 130 valence electrons. The molecule has 23 heavy (non-hydrogen) atoms. The molecule has 1 atom stereocenters. The van der Waals surface area contributed by atoms with Crippen LogP contribution in [-0.2, 0) is 11.3 Å². The molecular formula is C17H27ClN2O3. The van der Waals surface area contributed by atoms with Crippen LogP contribution in [0.15, 0.2) is 18.2 Å². The topological polar surface area (TPSA) is 73.6 Å². The molecule has 1 saturated carbocycles. The number of hydrogen-bond donors (Lipinski definition) is 2. The average Bonchev–Trinajstić information content (AvgIpc) is 2.98. The summed E-state index contributed by atoms with van der Waals surface area (Å²) in [5, 5.41) is 2.89. The van der Waals surface area contributed by atoms with E-state index in [1.54, 1.807) is 7.11 Å². The first-order chi connectivity index (χ1) is 10.6. The minimum atomic E-state index is -0.139. The molecule has 6 heteroatoms. The number of carbonyl (C=O) groups is 1. The minimum absolute atomic E-state index is 0. The van der Waals surface area contributed by atoms with Crippen LogP contribution in [0.5, 0.6) is 11.5 Å². The number of amides is 1. The number of benzene rings is 1. The minimum Gasteiger partial charge on any atom is -0.493 e. The Morgan fingerprint density at radius 2 is 2.09 bits per heavy atom. The fourth-order valence-corrected chi connectivity index (χ4v) is 2.73. The number of hydrogen-bond acceptors (Lipinski definition) is 4. The van der Waals surface area contributed by atoms with Crippen molar-refractivity contribution in [3.8, 4) is 11.5 Å². The van der Waals surface area contributed by atoms with Crippen molar-refractivity contribution in [2.24, 2.45) is 5.73 Å². The average molecular weight is 343 g/mol. The summed E-state index contributed by atoms with van der Waals surface area (Å²) in [6, 6.07) is 5.61. The molecule has 0 aromatic heterocycles. The number of nitrogens with one attached hydrogen (secondary N) is 1. The van der Waals surface area contributed by atoms with E-state index >= 15 is 0 Å². The molecule has 1 unspecified atom stereocenters. The predicted octanol–water partition coefficient (Wildman–Crippen LogP) is 2.79. The lowest BCUT2D eigenvalue weighted by Gasteiger charge is -2.19. The van der Waals surface area contributed by atoms with Gasteiger partial charge in [0.1, 0.15) is 0 Å². The van der Waals surface area contributed by atoms with Gasteiger partial charge in [-0.15, -0.1) is 12.4 Å². The first-order valence-electron chi connectivity index (χ1n) is 7.95. The van der Waals surface area contributed by atoms with E-state index in [0.29, 0.717) is 18.7 Å². The molecule has 0 saturated heterocycles. The van der Waals surface area contributed by atoms with Crippen LogP contribution < -0.4 is 20.5 Å². The second-order valence-electron chi connectivity index (χ2n) is 5.93. The van der Waals surface area contributed by atoms with Crippen LogP contribution in [0.25, 0.3) is 0 Å². The van der Waals surface area contributed by atoms with Gasteiger partial charge >= 0.3 is 0 Å². The third-order valence-electron chi connectivity index (χ3n) is 3.85. The van der Waals surface area contributed by atoms with E-state index in [2.05, 4.69) is 5.32 Å². The quantitative estimate of drug-likeness (QED) is 0.799. The Hall–Kier alpha value is -1.46. The van der Waals surface area contributed by atoms with Crippen molar-refractivity contribution in [2.75, 3.05) is 7.11 Å². The third-order valence-corrected chi connectivity index (χ3v) is 3.85. The van der Waals surface area contributed by atoms with Gasteiger partial charge in [0.15, 0.2) is 11.5 Å². The van der Waals surface area contributed by atoms with Crippen molar-refractivity contribution >= 4 is 18.3 Å². The number of halogens is 1. The molecular weight excluding hydrogens is 316 g/mol. The molecule has 2 rings (SSSR count). The smallest absolute Gasteiger partial charge is 0.221 e. The highest BCUT2D eigenvalue weighted by molar-refractivity contribution is 5.85. The van der Waals surface area contributed by atoms with Crippen molar-refractivity contribution in [3.63, 3.8) is 0 Å². The van der Waals surface area contributed by atoms with Gasteiger partial charge in [0.25, 0.3) is 0 Å². The van der Waals surface area contributed by atoms with Crippen molar-refractivity contribution < 1.29 is 14.3 Å². The van der Waals surface area contributed by atoms with Gasteiger partial charge in [-0.3, -0.25) is 4.79 Å². The molecule has 1 aliphatic carbocycles. The van der Waals surface area contributed by atoms with Gasteiger partial charge in [-0.1, -0.05) is 12.1 Å². The van der Waals surface area contributed by atoms with E-state index < -0.39 is 0 Å². The summed E-state index contributed by atoms with van der Waals surface area (Å²) in [5.74, 6) is 1.41. The van der Waals surface area contributed by atoms with Gasteiger partial charge in [0.05, 0.1) is 13.2 Å². The molecule has 1 aromatic carbocycles. The van der Waals surface area contributed by atoms with E-state index in [4.69, 9.17) is 15.2 Å². The first-order valence-corrected chi connectivity index (χ1v) is 7.95. The van der Waals surface area contributed by atoms with Gasteiger partial charge in [-0.05, 0) is 38.7 Å². The highest BCUT2D eigenvalue weighted by atomic mass is 35.5. The molecule has 0 bridgehead atoms. The molecule has 1 aliphatic rings. The Bertz CT molecular complexity index is 503. The number of rotatable bonds is 7. The number of carbonyl (C=O) groups excluding carboxylic acids is 1. The maximum absolute atomic E-state index is 11.8. The lowest BCUT2D eigenvalue weighted by Crippen LogP contribution is -2.29. The largest absolute Gasteiger partial charge is 0.493 e. The predicted molar refractivity (Wildman–Crippen MR) is 93.2 cm³/mol. The van der Waals surface area contributed by atoms with Crippen LogP contribution in [0.4, 0.5) is 0 Å². The Morgan fingerprint density at radius 3 is 2.70 bits per heavy atom. The molecule has 0 heterocycles. The van der Waals surface area contributed by atoms with Crippen LogP contribution in [0.3, 0.4) is 0 Å². The number of para-hydroxylation sites is 1. The summed E-state index contributed by atoms with van der Waals surface area (Å²) in [7, 11) is 1.63. The second kappa shape index (κ2) is 9.63. The Morgan fingerprint density at radius 1 is 1.39 bits per heavy atom. The summed E-state index contributed by atoms with van der Waals surface area (Å²) >= 11 is 0. The summed E-state index contributed by atoms with van der Waals surface area (Å²) in [6.07, 6.45) is 5.14. The highest BCUT2D eigenvalue weighted by Crippen LogP contribution is 2.34. The summed E-state index contributed by atoms with van der Waals surface area (Å²) in [4.78, 5) is 11.8. The van der Waals surface area contributed by atoms with E-state index in [-0.39, 0.29) is 30.5 Å². The first kappa shape index (κ1) is 19.6. The van der Waals surface area contributed by atoms with Gasteiger partial charge in [0.2, 0.25) is 5.91 Å². The molecule has 1 fully saturated rings. The molecule has 0 aliphatic heterocycles. The van der Waals surface area contributed by atoms with Crippen molar-refractivity contribution in [1.29, 1.82) is 0 Å². The number of nitrogens with two attached hydrogens (primary N) is 1. The summed E-state index contributed by atoms with van der Waals surface area (Å²) in [6.45, 7) is 2.24. The van der Waals surface area contributed by atoms with Crippen LogP contribution in [0.1, 0.15) is 44.6 Å². The Balaban J connectivity index is 0.00000264. The molecule has 1 amide bonds. The van der Waals surface area contributed by atoms with E-state index in [9.17, 15) is 4.79 Å². The summed E-state index contributed by atoms with van der Waals surface area (Å²) < 4.78 is 11.6. The highest BCUT2D eigenvalue weighted by Gasteiger charge is 2.20. The zero-order valence-electron chi connectivity index (χ0n) is 13.8. The molecule has 0 radical (unpaired) electrons. The lowest BCUT2D eigenvalue weighted by molar-refractivity contribution is -0.121. The molecule has 1 aromatic rings. The Labute approximate surface area is 144 Å². The monoisotopic (exact) mass is 342 g/mol. The maximum Gasteiger partial charge on any atom is 0.221 e. The zero-order chi connectivity index (χ0) is 15.9. The van der Waals surface area contributed by atoms with Crippen LogP contribution in [0, 0.1) is 0 Å². The second-order valence-corrected chi connectivity index (χ2v) is 5.93. The fourth-order valence-electron chi connectivity index (χ4n) is 2.73. The lowest BCUT2D eigenvalue weighted by atomic mass is 10.1. The van der Waals surface area contributed by atoms with Gasteiger partial charge in [-0.2, -0.15) is 0 Å². The zero-order valence-corrected chi connectivity index (χ0v) is 14.7.